The van der Waals surface area contributed by atoms with E-state index in [0.717, 1.165) is 17.7 Å². The summed E-state index contributed by atoms with van der Waals surface area (Å²) in [5.41, 5.74) is 0. The first-order valence-corrected chi connectivity index (χ1v) is 3.77. The average molecular weight is 157 g/mol. The largest absolute Gasteiger partial charge is 0.299 e. The Morgan fingerprint density at radius 1 is 1.70 bits per heavy atom. The fourth-order valence-corrected chi connectivity index (χ4v) is 0.856. The zero-order chi connectivity index (χ0) is 7.82. The van der Waals surface area contributed by atoms with E-state index < -0.39 is 0 Å². The number of amides is 1. The van der Waals surface area contributed by atoms with Gasteiger partial charge in [0.15, 0.2) is 0 Å². The van der Waals surface area contributed by atoms with Crippen LogP contribution in [0.25, 0.3) is 0 Å². The third kappa shape index (κ3) is 5.44. The molecule has 10 heavy (non-hydrogen) atoms. The van der Waals surface area contributed by atoms with Crippen LogP contribution >= 0.6 is 11.9 Å². The molecule has 0 saturated carbocycles. The SMILES string of the molecule is C=CCCC(=C)SNC=O. The maximum absolute atomic E-state index is 9.79. The van der Waals surface area contributed by atoms with Crippen LogP contribution in [0.1, 0.15) is 12.8 Å². The lowest BCUT2D eigenvalue weighted by molar-refractivity contribution is -0.107. The predicted octanol–water partition coefficient (Wildman–Crippen LogP) is 1.86. The van der Waals surface area contributed by atoms with Crippen molar-refractivity contribution in [1.82, 2.24) is 4.72 Å². The van der Waals surface area contributed by atoms with Crippen LogP contribution in [0.2, 0.25) is 0 Å². The Hall–Kier alpha value is -0.700. The van der Waals surface area contributed by atoms with E-state index >= 15 is 0 Å². The highest BCUT2D eigenvalue weighted by molar-refractivity contribution is 8.01. The maximum atomic E-state index is 9.79. The Labute approximate surface area is 65.5 Å². The second-order valence-electron chi connectivity index (χ2n) is 1.70. The number of hydrogen-bond donors (Lipinski definition) is 1. The standard InChI is InChI=1S/C7H11NOS/c1-3-4-5-7(2)10-8-6-9/h3,6H,1-2,4-5H2,(H,8,9). The molecule has 1 N–H and O–H groups in total. The third-order valence-corrected chi connectivity index (χ3v) is 1.59. The van der Waals surface area contributed by atoms with Crippen LogP contribution in [0.15, 0.2) is 24.1 Å². The molecule has 0 spiro atoms. The van der Waals surface area contributed by atoms with E-state index in [9.17, 15) is 4.79 Å². The normalized spacial score (nSPS) is 8.40. The molecule has 56 valence electrons. The lowest BCUT2D eigenvalue weighted by Gasteiger charge is -1.98. The summed E-state index contributed by atoms with van der Waals surface area (Å²) in [5, 5.41) is 0. The van der Waals surface area contributed by atoms with E-state index in [1.165, 1.54) is 11.9 Å². The molecular formula is C7H11NOS. The van der Waals surface area contributed by atoms with E-state index in [2.05, 4.69) is 17.9 Å². The summed E-state index contributed by atoms with van der Waals surface area (Å²) >= 11 is 1.26. The molecule has 0 fully saturated rings. The summed E-state index contributed by atoms with van der Waals surface area (Å²) in [5.74, 6) is 0. The van der Waals surface area contributed by atoms with Crippen molar-refractivity contribution >= 4 is 18.4 Å². The molecule has 0 aliphatic carbocycles. The Morgan fingerprint density at radius 3 is 2.90 bits per heavy atom. The highest BCUT2D eigenvalue weighted by atomic mass is 32.2. The first-order valence-electron chi connectivity index (χ1n) is 2.96. The summed E-state index contributed by atoms with van der Waals surface area (Å²) in [6.07, 6.45) is 4.25. The van der Waals surface area contributed by atoms with Crippen molar-refractivity contribution in [1.29, 1.82) is 0 Å². The van der Waals surface area contributed by atoms with Crippen LogP contribution in [-0.2, 0) is 4.79 Å². The summed E-state index contributed by atoms with van der Waals surface area (Å²) in [4.78, 5) is 10.7. The molecule has 0 atom stereocenters. The van der Waals surface area contributed by atoms with Gasteiger partial charge in [-0.2, -0.15) is 0 Å². The number of nitrogens with one attached hydrogen (secondary N) is 1. The monoisotopic (exact) mass is 157 g/mol. The molecule has 0 aromatic heterocycles. The summed E-state index contributed by atoms with van der Waals surface area (Å²) < 4.78 is 2.46. The van der Waals surface area contributed by atoms with E-state index in [1.807, 2.05) is 6.08 Å². The Balaban J connectivity index is 3.24. The van der Waals surface area contributed by atoms with Crippen LogP contribution in [0.4, 0.5) is 0 Å². The molecular weight excluding hydrogens is 146 g/mol. The molecule has 0 radical (unpaired) electrons. The highest BCUT2D eigenvalue weighted by Crippen LogP contribution is 2.14. The van der Waals surface area contributed by atoms with Crippen LogP contribution < -0.4 is 4.72 Å². The molecule has 0 aliphatic heterocycles. The van der Waals surface area contributed by atoms with Crippen molar-refractivity contribution in [2.24, 2.45) is 0 Å². The zero-order valence-electron chi connectivity index (χ0n) is 5.80. The molecule has 0 rings (SSSR count). The van der Waals surface area contributed by atoms with Crippen molar-refractivity contribution in [3.8, 4) is 0 Å². The lowest BCUT2D eigenvalue weighted by Crippen LogP contribution is -1.97. The van der Waals surface area contributed by atoms with E-state index in [1.54, 1.807) is 0 Å². The fourth-order valence-electron chi connectivity index (χ4n) is 0.421. The van der Waals surface area contributed by atoms with Gasteiger partial charge in [0, 0.05) is 0 Å². The van der Waals surface area contributed by atoms with Gasteiger partial charge in [-0.25, -0.2) is 0 Å². The average Bonchev–Trinajstić information content (AvgIpc) is 1.97. The molecule has 3 heteroatoms. The molecule has 0 aromatic carbocycles. The molecule has 1 amide bonds. The van der Waals surface area contributed by atoms with E-state index in [0.29, 0.717) is 6.41 Å². The van der Waals surface area contributed by atoms with Gasteiger partial charge in [-0.15, -0.1) is 6.58 Å². The van der Waals surface area contributed by atoms with Gasteiger partial charge < -0.3 is 0 Å². The first kappa shape index (κ1) is 9.30. The van der Waals surface area contributed by atoms with Crippen LogP contribution in [0.3, 0.4) is 0 Å². The second kappa shape index (κ2) is 6.42. The van der Waals surface area contributed by atoms with Crippen molar-refractivity contribution in [2.75, 3.05) is 0 Å². The molecule has 0 unspecified atom stereocenters. The highest BCUT2D eigenvalue weighted by Gasteiger charge is 1.90. The van der Waals surface area contributed by atoms with E-state index in [4.69, 9.17) is 0 Å². The summed E-state index contributed by atoms with van der Waals surface area (Å²) in [6.45, 7) is 7.30. The van der Waals surface area contributed by atoms with Crippen LogP contribution in [-0.4, -0.2) is 6.41 Å². The number of allylic oxidation sites excluding steroid dienone is 2. The van der Waals surface area contributed by atoms with Crippen LogP contribution in [0, 0.1) is 0 Å². The Morgan fingerprint density at radius 2 is 2.40 bits per heavy atom. The summed E-state index contributed by atoms with van der Waals surface area (Å²) in [7, 11) is 0. The predicted molar refractivity (Wildman–Crippen MR) is 45.4 cm³/mol. The Kier molecular flexibility index (Phi) is 5.97. The number of hydrogen-bond acceptors (Lipinski definition) is 2. The first-order chi connectivity index (χ1) is 4.81. The minimum atomic E-state index is 0.643. The van der Waals surface area contributed by atoms with E-state index in [-0.39, 0.29) is 0 Å². The topological polar surface area (TPSA) is 29.1 Å². The zero-order valence-corrected chi connectivity index (χ0v) is 6.62. The van der Waals surface area contributed by atoms with Crippen molar-refractivity contribution < 1.29 is 4.79 Å². The second-order valence-corrected chi connectivity index (χ2v) is 2.72. The maximum Gasteiger partial charge on any atom is 0.217 e. The third-order valence-electron chi connectivity index (χ3n) is 0.879. The lowest BCUT2D eigenvalue weighted by atomic mass is 10.3. The van der Waals surface area contributed by atoms with Gasteiger partial charge in [-0.1, -0.05) is 12.7 Å². The molecule has 0 heterocycles. The van der Waals surface area contributed by atoms with Crippen molar-refractivity contribution in [2.45, 2.75) is 12.8 Å². The van der Waals surface area contributed by atoms with Crippen molar-refractivity contribution in [3.63, 3.8) is 0 Å². The van der Waals surface area contributed by atoms with Gasteiger partial charge in [0.05, 0.1) is 0 Å². The number of rotatable bonds is 6. The van der Waals surface area contributed by atoms with Gasteiger partial charge in [-0.3, -0.25) is 9.52 Å². The van der Waals surface area contributed by atoms with Gasteiger partial charge in [-0.05, 0) is 29.7 Å². The minimum absolute atomic E-state index is 0.643. The number of carbonyl (C=O) groups excluding carboxylic acids is 1. The molecule has 0 aromatic rings. The minimum Gasteiger partial charge on any atom is -0.299 e. The fraction of sp³-hybridized carbons (Fsp3) is 0.286. The Bertz CT molecular complexity index is 120. The molecule has 0 saturated heterocycles. The molecule has 2 nitrogen and oxygen atoms in total. The van der Waals surface area contributed by atoms with Crippen molar-refractivity contribution in [3.05, 3.63) is 24.1 Å². The van der Waals surface area contributed by atoms with Gasteiger partial charge in [0.2, 0.25) is 6.41 Å². The van der Waals surface area contributed by atoms with Gasteiger partial charge in [0.25, 0.3) is 0 Å². The summed E-state index contributed by atoms with van der Waals surface area (Å²) in [6, 6.07) is 0. The molecule has 0 bridgehead atoms. The molecule has 0 aliphatic rings. The quantitative estimate of drug-likeness (QED) is 0.362. The van der Waals surface area contributed by atoms with Gasteiger partial charge >= 0.3 is 0 Å². The van der Waals surface area contributed by atoms with Gasteiger partial charge in [0.1, 0.15) is 0 Å². The number of carbonyl (C=O) groups is 1. The van der Waals surface area contributed by atoms with Crippen LogP contribution in [0.5, 0.6) is 0 Å². The smallest absolute Gasteiger partial charge is 0.217 e.